The van der Waals surface area contributed by atoms with Gasteiger partial charge in [-0.25, -0.2) is 0 Å². The Labute approximate surface area is 133 Å². The minimum absolute atomic E-state index is 0.254. The van der Waals surface area contributed by atoms with Crippen molar-refractivity contribution in [1.82, 2.24) is 4.90 Å². The summed E-state index contributed by atoms with van der Waals surface area (Å²) in [5, 5.41) is 0.702. The average Bonchev–Trinajstić information content (AvgIpc) is 2.52. The van der Waals surface area contributed by atoms with Crippen LogP contribution in [0.3, 0.4) is 0 Å². The summed E-state index contributed by atoms with van der Waals surface area (Å²) in [6.07, 6.45) is 6.63. The Kier molecular flexibility index (Phi) is 6.62. The van der Waals surface area contributed by atoms with Crippen molar-refractivity contribution >= 4 is 17.7 Å². The van der Waals surface area contributed by atoms with Gasteiger partial charge < -0.3 is 4.90 Å². The zero-order chi connectivity index (χ0) is 15.1. The van der Waals surface area contributed by atoms with E-state index < -0.39 is 0 Å². The lowest BCUT2D eigenvalue weighted by Gasteiger charge is -2.28. The summed E-state index contributed by atoms with van der Waals surface area (Å²) < 4.78 is 0. The summed E-state index contributed by atoms with van der Waals surface area (Å²) in [5.74, 6) is 0.916. The molecule has 0 aliphatic heterocycles. The maximum atomic E-state index is 12.5. The monoisotopic (exact) mass is 305 g/mol. The molecule has 0 radical (unpaired) electrons. The molecule has 0 spiro atoms. The first-order chi connectivity index (χ1) is 10.2. The molecular formula is C18H27NOS. The van der Waals surface area contributed by atoms with Crippen molar-refractivity contribution in [3.8, 4) is 0 Å². The van der Waals surface area contributed by atoms with Gasteiger partial charge in [0.15, 0.2) is 0 Å². The van der Waals surface area contributed by atoms with E-state index in [-0.39, 0.29) is 11.9 Å². The highest BCUT2D eigenvalue weighted by atomic mass is 32.2. The Morgan fingerprint density at radius 3 is 2.48 bits per heavy atom. The molecule has 0 atom stereocenters. The number of hydrogen-bond acceptors (Lipinski definition) is 2. The molecule has 0 heterocycles. The maximum absolute atomic E-state index is 12.5. The molecular weight excluding hydrogens is 278 g/mol. The van der Waals surface area contributed by atoms with Crippen LogP contribution in [0.5, 0.6) is 0 Å². The van der Waals surface area contributed by atoms with Crippen LogP contribution < -0.4 is 0 Å². The quantitative estimate of drug-likeness (QED) is 0.772. The topological polar surface area (TPSA) is 20.3 Å². The fraction of sp³-hybridized carbons (Fsp3) is 0.611. The lowest BCUT2D eigenvalue weighted by molar-refractivity contribution is -0.130. The van der Waals surface area contributed by atoms with Gasteiger partial charge in [-0.3, -0.25) is 4.79 Å². The van der Waals surface area contributed by atoms with Gasteiger partial charge in [0.1, 0.15) is 0 Å². The molecule has 2 rings (SSSR count). The molecule has 1 fully saturated rings. The molecule has 1 amide bonds. The Balaban J connectivity index is 1.86. The van der Waals surface area contributed by atoms with Crippen LogP contribution in [0.2, 0.25) is 0 Å². The Hall–Kier alpha value is -0.960. The van der Waals surface area contributed by atoms with Crippen molar-refractivity contribution in [2.45, 2.75) is 63.8 Å². The Morgan fingerprint density at radius 1 is 1.19 bits per heavy atom. The van der Waals surface area contributed by atoms with Crippen molar-refractivity contribution in [1.29, 1.82) is 0 Å². The number of hydrogen-bond donors (Lipinski definition) is 0. The third kappa shape index (κ3) is 5.39. The van der Waals surface area contributed by atoms with Crippen molar-refractivity contribution in [3.05, 3.63) is 35.9 Å². The molecule has 0 aromatic heterocycles. The first kappa shape index (κ1) is 16.4. The second kappa shape index (κ2) is 8.47. The van der Waals surface area contributed by atoms with Crippen LogP contribution >= 0.6 is 11.8 Å². The fourth-order valence-corrected chi connectivity index (χ4v) is 4.05. The molecule has 3 heteroatoms. The lowest BCUT2D eigenvalue weighted by Crippen LogP contribution is -2.38. The molecule has 0 N–H and O–H groups in total. The zero-order valence-electron chi connectivity index (χ0n) is 13.3. The largest absolute Gasteiger partial charge is 0.335 e. The first-order valence-electron chi connectivity index (χ1n) is 8.12. The van der Waals surface area contributed by atoms with Crippen LogP contribution in [0.15, 0.2) is 30.3 Å². The van der Waals surface area contributed by atoms with Crippen LogP contribution in [-0.2, 0) is 11.3 Å². The molecule has 0 saturated heterocycles. The number of benzene rings is 1. The van der Waals surface area contributed by atoms with Gasteiger partial charge >= 0.3 is 0 Å². The molecule has 1 aliphatic rings. The molecule has 0 unspecified atom stereocenters. The molecule has 21 heavy (non-hydrogen) atoms. The normalized spacial score (nSPS) is 16.1. The minimum Gasteiger partial charge on any atom is -0.335 e. The maximum Gasteiger partial charge on any atom is 0.233 e. The zero-order valence-corrected chi connectivity index (χ0v) is 14.1. The lowest BCUT2D eigenvalue weighted by atomic mass is 10.0. The van der Waals surface area contributed by atoms with E-state index in [1.54, 1.807) is 0 Å². The van der Waals surface area contributed by atoms with E-state index in [9.17, 15) is 4.79 Å². The molecule has 1 aliphatic carbocycles. The second-order valence-electron chi connectivity index (χ2n) is 6.17. The van der Waals surface area contributed by atoms with Crippen molar-refractivity contribution in [3.63, 3.8) is 0 Å². The molecule has 1 aromatic rings. The minimum atomic E-state index is 0.254. The summed E-state index contributed by atoms with van der Waals surface area (Å²) in [5.41, 5.74) is 1.21. The molecule has 1 aromatic carbocycles. The van der Waals surface area contributed by atoms with Gasteiger partial charge in [-0.2, -0.15) is 0 Å². The SMILES string of the molecule is CC(C)N(Cc1ccccc1)C(=O)CSC1CCCCC1. The van der Waals surface area contributed by atoms with E-state index in [2.05, 4.69) is 26.0 Å². The smallest absolute Gasteiger partial charge is 0.233 e. The van der Waals surface area contributed by atoms with Gasteiger partial charge in [-0.1, -0.05) is 49.6 Å². The summed E-state index contributed by atoms with van der Waals surface area (Å²) in [7, 11) is 0. The van der Waals surface area contributed by atoms with Gasteiger partial charge in [-0.05, 0) is 32.3 Å². The Bertz CT molecular complexity index is 426. The van der Waals surface area contributed by atoms with Gasteiger partial charge in [0.2, 0.25) is 5.91 Å². The van der Waals surface area contributed by atoms with Crippen LogP contribution in [0, 0.1) is 0 Å². The van der Waals surface area contributed by atoms with Crippen LogP contribution in [-0.4, -0.2) is 27.9 Å². The fourth-order valence-electron chi connectivity index (χ4n) is 2.84. The predicted molar refractivity (Wildman–Crippen MR) is 91.5 cm³/mol. The number of thioether (sulfide) groups is 1. The third-order valence-electron chi connectivity index (χ3n) is 4.13. The van der Waals surface area contributed by atoms with E-state index >= 15 is 0 Å². The number of nitrogens with zero attached hydrogens (tertiary/aromatic N) is 1. The van der Waals surface area contributed by atoms with E-state index in [0.29, 0.717) is 11.0 Å². The summed E-state index contributed by atoms with van der Waals surface area (Å²) in [6.45, 7) is 4.93. The van der Waals surface area contributed by atoms with Crippen molar-refractivity contribution < 1.29 is 4.79 Å². The molecule has 0 bridgehead atoms. The highest BCUT2D eigenvalue weighted by Gasteiger charge is 2.20. The van der Waals surface area contributed by atoms with Gasteiger partial charge in [0, 0.05) is 17.8 Å². The van der Waals surface area contributed by atoms with E-state index in [0.717, 1.165) is 6.54 Å². The number of rotatable bonds is 6. The van der Waals surface area contributed by atoms with Crippen LogP contribution in [0.1, 0.15) is 51.5 Å². The number of carbonyl (C=O) groups is 1. The van der Waals surface area contributed by atoms with E-state index in [4.69, 9.17) is 0 Å². The van der Waals surface area contributed by atoms with Gasteiger partial charge in [0.25, 0.3) is 0 Å². The summed E-state index contributed by atoms with van der Waals surface area (Å²) in [6, 6.07) is 10.5. The summed E-state index contributed by atoms with van der Waals surface area (Å²) in [4.78, 5) is 14.5. The third-order valence-corrected chi connectivity index (χ3v) is 5.49. The highest BCUT2D eigenvalue weighted by Crippen LogP contribution is 2.28. The predicted octanol–water partition coefficient (Wildman–Crippen LogP) is 4.49. The number of carbonyl (C=O) groups excluding carboxylic acids is 1. The molecule has 116 valence electrons. The second-order valence-corrected chi connectivity index (χ2v) is 7.46. The van der Waals surface area contributed by atoms with Gasteiger partial charge in [-0.15, -0.1) is 11.8 Å². The van der Waals surface area contributed by atoms with Crippen LogP contribution in [0.4, 0.5) is 0 Å². The van der Waals surface area contributed by atoms with Crippen molar-refractivity contribution in [2.24, 2.45) is 0 Å². The highest BCUT2D eigenvalue weighted by molar-refractivity contribution is 8.00. The summed E-state index contributed by atoms with van der Waals surface area (Å²) >= 11 is 1.87. The van der Waals surface area contributed by atoms with E-state index in [1.165, 1.54) is 37.7 Å². The molecule has 1 saturated carbocycles. The average molecular weight is 305 g/mol. The first-order valence-corrected chi connectivity index (χ1v) is 9.16. The van der Waals surface area contributed by atoms with Gasteiger partial charge in [0.05, 0.1) is 5.75 Å². The van der Waals surface area contributed by atoms with Crippen LogP contribution in [0.25, 0.3) is 0 Å². The standard InChI is InChI=1S/C18H27NOS/c1-15(2)19(13-16-9-5-3-6-10-16)18(20)14-21-17-11-7-4-8-12-17/h3,5-6,9-10,15,17H,4,7-8,11-14H2,1-2H3. The number of amides is 1. The molecule has 2 nitrogen and oxygen atoms in total. The Morgan fingerprint density at radius 2 is 1.86 bits per heavy atom. The van der Waals surface area contributed by atoms with E-state index in [1.807, 2.05) is 34.9 Å². The van der Waals surface area contributed by atoms with Crippen molar-refractivity contribution in [2.75, 3.05) is 5.75 Å².